The van der Waals surface area contributed by atoms with E-state index in [4.69, 9.17) is 10.7 Å². The van der Waals surface area contributed by atoms with Gasteiger partial charge in [-0.05, 0) is 43.5 Å². The second kappa shape index (κ2) is 6.42. The van der Waals surface area contributed by atoms with E-state index in [1.54, 1.807) is 0 Å². The van der Waals surface area contributed by atoms with Crippen LogP contribution in [0.3, 0.4) is 0 Å². The Morgan fingerprint density at radius 2 is 1.84 bits per heavy atom. The van der Waals surface area contributed by atoms with Gasteiger partial charge in [0.15, 0.2) is 0 Å². The van der Waals surface area contributed by atoms with Gasteiger partial charge in [0.1, 0.15) is 10.7 Å². The van der Waals surface area contributed by atoms with Crippen LogP contribution in [0.15, 0.2) is 47.4 Å². The van der Waals surface area contributed by atoms with Crippen molar-refractivity contribution in [3.05, 3.63) is 65.0 Å². The van der Waals surface area contributed by atoms with Crippen molar-refractivity contribution in [2.24, 2.45) is 0 Å². The highest BCUT2D eigenvalue weighted by atomic mass is 35.7. The molecule has 0 bridgehead atoms. The summed E-state index contributed by atoms with van der Waals surface area (Å²) in [6, 6.07) is 11.3. The normalized spacial score (nSPS) is 15.6. The summed E-state index contributed by atoms with van der Waals surface area (Å²) in [7, 11) is 0.960. The molecule has 0 heterocycles. The molecule has 0 saturated heterocycles. The van der Waals surface area contributed by atoms with Crippen molar-refractivity contribution in [3.63, 3.8) is 0 Å². The van der Waals surface area contributed by atoms with Crippen molar-refractivity contribution in [1.29, 1.82) is 0 Å². The number of amides is 1. The third-order valence-electron chi connectivity index (χ3n) is 4.56. The Kier molecular flexibility index (Phi) is 4.60. The molecule has 1 saturated carbocycles. The highest BCUT2D eigenvalue weighted by molar-refractivity contribution is 8.13. The summed E-state index contributed by atoms with van der Waals surface area (Å²) in [4.78, 5) is 11.6. The lowest BCUT2D eigenvalue weighted by molar-refractivity contribution is 0.0949. The Morgan fingerprint density at radius 1 is 1.20 bits per heavy atom. The molecule has 1 amide bonds. The Balaban J connectivity index is 1.71. The van der Waals surface area contributed by atoms with E-state index in [1.807, 2.05) is 19.1 Å². The number of hydrogen-bond acceptors (Lipinski definition) is 3. The Hall–Kier alpha value is -1.92. The van der Waals surface area contributed by atoms with Crippen LogP contribution in [0.5, 0.6) is 0 Å². The highest BCUT2D eigenvalue weighted by Crippen LogP contribution is 2.47. The molecule has 3 rings (SSSR count). The molecule has 132 valence electrons. The molecule has 1 fully saturated rings. The maximum Gasteiger partial charge on any atom is 0.264 e. The average molecular weight is 382 g/mol. The van der Waals surface area contributed by atoms with Gasteiger partial charge in [0.2, 0.25) is 0 Å². The molecule has 0 radical (unpaired) electrons. The van der Waals surface area contributed by atoms with Crippen molar-refractivity contribution < 1.29 is 17.6 Å². The van der Waals surface area contributed by atoms with Crippen molar-refractivity contribution in [3.8, 4) is 0 Å². The number of halogens is 2. The molecular weight excluding hydrogens is 365 g/mol. The number of carbonyl (C=O) groups excluding carboxylic acids is 1. The van der Waals surface area contributed by atoms with Crippen LogP contribution >= 0.6 is 10.7 Å². The van der Waals surface area contributed by atoms with Crippen LogP contribution in [0.4, 0.5) is 4.39 Å². The van der Waals surface area contributed by atoms with Gasteiger partial charge in [-0.2, -0.15) is 0 Å². The van der Waals surface area contributed by atoms with Gasteiger partial charge in [-0.1, -0.05) is 29.8 Å². The lowest BCUT2D eigenvalue weighted by atomic mass is 9.95. The van der Waals surface area contributed by atoms with Gasteiger partial charge in [0, 0.05) is 28.2 Å². The zero-order valence-corrected chi connectivity index (χ0v) is 15.1. The van der Waals surface area contributed by atoms with Gasteiger partial charge >= 0.3 is 0 Å². The van der Waals surface area contributed by atoms with Crippen molar-refractivity contribution in [2.75, 3.05) is 6.54 Å². The number of rotatable bonds is 5. The lowest BCUT2D eigenvalue weighted by Gasteiger charge is -2.17. The standard InChI is InChI=1S/C18H17ClFNO3S/c1-12-2-5-14(6-3-12)18(8-9-18)11-21-17(22)13-4-7-16(15(20)10-13)25(19,23)24/h2-7,10H,8-9,11H2,1H3,(H,21,22). The average Bonchev–Trinajstić information content (AvgIpc) is 3.33. The molecule has 1 N–H and O–H groups in total. The van der Waals surface area contributed by atoms with Crippen LogP contribution in [-0.4, -0.2) is 20.9 Å². The number of carbonyl (C=O) groups is 1. The van der Waals surface area contributed by atoms with E-state index in [2.05, 4.69) is 17.4 Å². The SMILES string of the molecule is Cc1ccc(C2(CNC(=O)c3ccc(S(=O)(=O)Cl)c(F)c3)CC2)cc1. The molecule has 2 aromatic rings. The van der Waals surface area contributed by atoms with E-state index in [-0.39, 0.29) is 11.0 Å². The Morgan fingerprint density at radius 3 is 2.36 bits per heavy atom. The molecule has 25 heavy (non-hydrogen) atoms. The molecular formula is C18H17ClFNO3S. The smallest absolute Gasteiger partial charge is 0.264 e. The quantitative estimate of drug-likeness (QED) is 0.806. The first-order valence-corrected chi connectivity index (χ1v) is 10.1. The predicted octanol–water partition coefficient (Wildman–Crippen LogP) is 3.52. The van der Waals surface area contributed by atoms with E-state index in [0.717, 1.165) is 25.0 Å². The van der Waals surface area contributed by atoms with Crippen molar-refractivity contribution in [2.45, 2.75) is 30.1 Å². The summed E-state index contributed by atoms with van der Waals surface area (Å²) in [6.07, 6.45) is 1.96. The molecule has 1 aliphatic carbocycles. The Labute approximate surface area is 150 Å². The minimum Gasteiger partial charge on any atom is -0.351 e. The van der Waals surface area contributed by atoms with Crippen LogP contribution in [0.2, 0.25) is 0 Å². The fourth-order valence-electron chi connectivity index (χ4n) is 2.82. The van der Waals surface area contributed by atoms with Crippen molar-refractivity contribution >= 4 is 25.6 Å². The molecule has 0 unspecified atom stereocenters. The second-order valence-electron chi connectivity index (χ2n) is 6.41. The summed E-state index contributed by atoms with van der Waals surface area (Å²) in [5, 5.41) is 2.81. The first-order chi connectivity index (χ1) is 11.7. The number of nitrogens with one attached hydrogen (secondary N) is 1. The second-order valence-corrected chi connectivity index (χ2v) is 8.95. The van der Waals surface area contributed by atoms with Gasteiger partial charge in [0.25, 0.3) is 15.0 Å². The summed E-state index contributed by atoms with van der Waals surface area (Å²) in [5.41, 5.74) is 2.34. The Bertz CT molecular complexity index is 922. The van der Waals surface area contributed by atoms with Crippen LogP contribution in [0.25, 0.3) is 0 Å². The molecule has 0 spiro atoms. The van der Waals surface area contributed by atoms with Gasteiger partial charge in [-0.15, -0.1) is 0 Å². The van der Waals surface area contributed by atoms with Crippen LogP contribution in [0.1, 0.15) is 34.3 Å². The zero-order chi connectivity index (χ0) is 18.2. The highest BCUT2D eigenvalue weighted by Gasteiger charge is 2.44. The minimum absolute atomic E-state index is 0.0567. The maximum atomic E-state index is 13.9. The largest absolute Gasteiger partial charge is 0.351 e. The van der Waals surface area contributed by atoms with E-state index < -0.39 is 25.7 Å². The molecule has 7 heteroatoms. The summed E-state index contributed by atoms with van der Waals surface area (Å²) < 4.78 is 36.3. The van der Waals surface area contributed by atoms with Gasteiger partial charge in [0.05, 0.1) is 0 Å². The summed E-state index contributed by atoms with van der Waals surface area (Å²) in [6.45, 7) is 2.47. The summed E-state index contributed by atoms with van der Waals surface area (Å²) >= 11 is 0. The fourth-order valence-corrected chi connectivity index (χ4v) is 3.71. The molecule has 2 aromatic carbocycles. The fraction of sp³-hybridized carbons (Fsp3) is 0.278. The predicted molar refractivity (Wildman–Crippen MR) is 93.9 cm³/mol. The third-order valence-corrected chi connectivity index (χ3v) is 5.92. The zero-order valence-electron chi connectivity index (χ0n) is 13.6. The third kappa shape index (κ3) is 3.85. The van der Waals surface area contributed by atoms with E-state index in [0.29, 0.717) is 6.54 Å². The molecule has 1 aliphatic rings. The minimum atomic E-state index is -4.18. The van der Waals surface area contributed by atoms with Crippen LogP contribution in [0, 0.1) is 12.7 Å². The molecule has 0 atom stereocenters. The van der Waals surface area contributed by atoms with Crippen LogP contribution < -0.4 is 5.32 Å². The van der Waals surface area contributed by atoms with E-state index in [9.17, 15) is 17.6 Å². The van der Waals surface area contributed by atoms with Crippen LogP contribution in [-0.2, 0) is 14.5 Å². The van der Waals surface area contributed by atoms with Gasteiger partial charge in [-0.3, -0.25) is 4.79 Å². The lowest BCUT2D eigenvalue weighted by Crippen LogP contribution is -2.32. The first-order valence-electron chi connectivity index (χ1n) is 7.81. The molecule has 4 nitrogen and oxygen atoms in total. The molecule has 0 aliphatic heterocycles. The number of aryl methyl sites for hydroxylation is 1. The monoisotopic (exact) mass is 381 g/mol. The first kappa shape index (κ1) is 17.9. The van der Waals surface area contributed by atoms with Crippen molar-refractivity contribution in [1.82, 2.24) is 5.32 Å². The number of hydrogen-bond donors (Lipinski definition) is 1. The number of benzene rings is 2. The van der Waals surface area contributed by atoms with E-state index in [1.165, 1.54) is 17.2 Å². The topological polar surface area (TPSA) is 63.2 Å². The maximum absolute atomic E-state index is 13.9. The van der Waals surface area contributed by atoms with E-state index >= 15 is 0 Å². The summed E-state index contributed by atoms with van der Waals surface area (Å²) in [5.74, 6) is -1.49. The van der Waals surface area contributed by atoms with Gasteiger partial charge in [-0.25, -0.2) is 12.8 Å². The van der Waals surface area contributed by atoms with Gasteiger partial charge < -0.3 is 5.32 Å². The molecule has 0 aromatic heterocycles.